The Labute approximate surface area is 243 Å². The number of hydrogen-bond acceptors (Lipinski definition) is 2. The average molecular weight is 540 g/mol. The second-order valence-electron chi connectivity index (χ2n) is 10.4. The van der Waals surface area contributed by atoms with Gasteiger partial charge in [0.05, 0.1) is 11.2 Å². The lowest BCUT2D eigenvalue weighted by molar-refractivity contribution is 1.41. The minimum absolute atomic E-state index is 0.997. The molecule has 2 heteroatoms. The zero-order valence-corrected chi connectivity index (χ0v) is 23.1. The van der Waals surface area contributed by atoms with E-state index in [1.807, 2.05) is 11.3 Å². The SMILES string of the molecule is c1ccc(-c2cccc(-c3cc(-c4cc(-c5ccccc5)c5ccccc5n4)c4c(c3)sc3ccccc34)c2)cc1. The van der Waals surface area contributed by atoms with Gasteiger partial charge in [0.1, 0.15) is 0 Å². The molecule has 0 atom stereocenters. The number of pyridine rings is 1. The minimum Gasteiger partial charge on any atom is -0.248 e. The Morgan fingerprint density at radius 2 is 1.02 bits per heavy atom. The summed E-state index contributed by atoms with van der Waals surface area (Å²) in [6, 6.07) is 54.3. The normalized spacial score (nSPS) is 11.4. The summed E-state index contributed by atoms with van der Waals surface area (Å²) < 4.78 is 2.57. The molecule has 0 unspecified atom stereocenters. The van der Waals surface area contributed by atoms with Gasteiger partial charge in [-0.15, -0.1) is 11.3 Å². The number of para-hydroxylation sites is 1. The number of aromatic nitrogens is 1. The van der Waals surface area contributed by atoms with Crippen molar-refractivity contribution in [2.45, 2.75) is 0 Å². The van der Waals surface area contributed by atoms with E-state index >= 15 is 0 Å². The Morgan fingerprint density at radius 3 is 1.83 bits per heavy atom. The van der Waals surface area contributed by atoms with Gasteiger partial charge < -0.3 is 0 Å². The summed E-state index contributed by atoms with van der Waals surface area (Å²) in [4.78, 5) is 5.27. The van der Waals surface area contributed by atoms with Crippen molar-refractivity contribution in [2.75, 3.05) is 0 Å². The summed E-state index contributed by atoms with van der Waals surface area (Å²) in [6.07, 6.45) is 0. The minimum atomic E-state index is 0.997. The highest BCUT2D eigenvalue weighted by Crippen LogP contribution is 2.44. The lowest BCUT2D eigenvalue weighted by atomic mass is 9.93. The van der Waals surface area contributed by atoms with Crippen molar-refractivity contribution in [3.63, 3.8) is 0 Å². The van der Waals surface area contributed by atoms with Crippen LogP contribution in [0, 0.1) is 0 Å². The van der Waals surface area contributed by atoms with Crippen LogP contribution in [-0.2, 0) is 0 Å². The van der Waals surface area contributed by atoms with Gasteiger partial charge in [0, 0.05) is 31.1 Å². The molecule has 2 aromatic heterocycles. The Balaban J connectivity index is 1.42. The van der Waals surface area contributed by atoms with Crippen molar-refractivity contribution >= 4 is 42.4 Å². The van der Waals surface area contributed by atoms with Crippen LogP contribution in [0.1, 0.15) is 0 Å². The van der Waals surface area contributed by atoms with Crippen LogP contribution in [-0.4, -0.2) is 4.98 Å². The predicted octanol–water partition coefficient (Wildman–Crippen LogP) is 11.3. The molecule has 0 fully saturated rings. The molecule has 0 saturated heterocycles. The second-order valence-corrected chi connectivity index (χ2v) is 11.5. The van der Waals surface area contributed by atoms with E-state index in [-0.39, 0.29) is 0 Å². The van der Waals surface area contributed by atoms with E-state index in [4.69, 9.17) is 4.98 Å². The van der Waals surface area contributed by atoms with Crippen LogP contribution < -0.4 is 0 Å². The number of rotatable bonds is 4. The van der Waals surface area contributed by atoms with Crippen LogP contribution >= 0.6 is 11.3 Å². The molecular formula is C39H25NS. The first kappa shape index (κ1) is 23.8. The van der Waals surface area contributed by atoms with Crippen molar-refractivity contribution in [3.05, 3.63) is 152 Å². The van der Waals surface area contributed by atoms with Gasteiger partial charge in [-0.3, -0.25) is 0 Å². The van der Waals surface area contributed by atoms with E-state index < -0.39 is 0 Å². The highest BCUT2D eigenvalue weighted by atomic mass is 32.1. The fourth-order valence-electron chi connectivity index (χ4n) is 5.90. The van der Waals surface area contributed by atoms with Crippen LogP contribution in [0.5, 0.6) is 0 Å². The molecule has 0 aliphatic rings. The smallest absolute Gasteiger partial charge is 0.0722 e. The maximum absolute atomic E-state index is 5.27. The number of hydrogen-bond donors (Lipinski definition) is 0. The molecule has 1 nitrogen and oxygen atoms in total. The summed E-state index contributed by atoms with van der Waals surface area (Å²) in [7, 11) is 0. The highest BCUT2D eigenvalue weighted by Gasteiger charge is 2.17. The highest BCUT2D eigenvalue weighted by molar-refractivity contribution is 7.26. The molecule has 0 radical (unpaired) electrons. The van der Waals surface area contributed by atoms with Crippen molar-refractivity contribution < 1.29 is 0 Å². The second kappa shape index (κ2) is 9.85. The molecule has 8 rings (SSSR count). The van der Waals surface area contributed by atoms with Gasteiger partial charge in [-0.25, -0.2) is 4.98 Å². The summed E-state index contributed by atoms with van der Waals surface area (Å²) in [5, 5.41) is 3.72. The summed E-state index contributed by atoms with van der Waals surface area (Å²) >= 11 is 1.86. The van der Waals surface area contributed by atoms with Crippen LogP contribution in [0.4, 0.5) is 0 Å². The van der Waals surface area contributed by atoms with E-state index in [2.05, 4.69) is 152 Å². The number of fused-ring (bicyclic) bond motifs is 4. The predicted molar refractivity (Wildman–Crippen MR) is 176 cm³/mol. The molecule has 6 aromatic carbocycles. The lowest BCUT2D eigenvalue weighted by Gasteiger charge is -2.13. The third-order valence-corrected chi connectivity index (χ3v) is 8.98. The van der Waals surface area contributed by atoms with Crippen molar-refractivity contribution in [1.29, 1.82) is 0 Å². The zero-order chi connectivity index (χ0) is 27.2. The monoisotopic (exact) mass is 539 g/mol. The van der Waals surface area contributed by atoms with Crippen molar-refractivity contribution in [3.8, 4) is 44.6 Å². The van der Waals surface area contributed by atoms with Gasteiger partial charge in [0.15, 0.2) is 0 Å². The van der Waals surface area contributed by atoms with Crippen LogP contribution in [0.15, 0.2) is 152 Å². The van der Waals surface area contributed by atoms with Crippen molar-refractivity contribution in [2.24, 2.45) is 0 Å². The molecule has 0 amide bonds. The largest absolute Gasteiger partial charge is 0.248 e. The van der Waals surface area contributed by atoms with Gasteiger partial charge >= 0.3 is 0 Å². The number of nitrogens with zero attached hydrogens (tertiary/aromatic N) is 1. The Hall–Kier alpha value is -5.05. The fraction of sp³-hybridized carbons (Fsp3) is 0. The lowest BCUT2D eigenvalue weighted by Crippen LogP contribution is -1.91. The zero-order valence-electron chi connectivity index (χ0n) is 22.3. The topological polar surface area (TPSA) is 12.9 Å². The molecule has 2 heterocycles. The third kappa shape index (κ3) is 4.21. The maximum atomic E-state index is 5.27. The van der Waals surface area contributed by atoms with E-state index in [1.165, 1.54) is 64.5 Å². The van der Waals surface area contributed by atoms with E-state index in [1.54, 1.807) is 0 Å². The van der Waals surface area contributed by atoms with Gasteiger partial charge in [-0.1, -0.05) is 115 Å². The molecular weight excluding hydrogens is 515 g/mol. The first-order chi connectivity index (χ1) is 20.3. The Kier molecular flexibility index (Phi) is 5.72. The van der Waals surface area contributed by atoms with E-state index in [9.17, 15) is 0 Å². The molecule has 41 heavy (non-hydrogen) atoms. The van der Waals surface area contributed by atoms with E-state index in [0.717, 1.165) is 11.2 Å². The Bertz CT molecular complexity index is 2190. The first-order valence-corrected chi connectivity index (χ1v) is 14.7. The van der Waals surface area contributed by atoms with Gasteiger partial charge in [0.25, 0.3) is 0 Å². The van der Waals surface area contributed by atoms with Gasteiger partial charge in [-0.2, -0.15) is 0 Å². The first-order valence-electron chi connectivity index (χ1n) is 13.9. The van der Waals surface area contributed by atoms with Crippen molar-refractivity contribution in [1.82, 2.24) is 4.98 Å². The van der Waals surface area contributed by atoms with E-state index in [0.29, 0.717) is 0 Å². The summed E-state index contributed by atoms with van der Waals surface area (Å²) in [5.74, 6) is 0. The van der Waals surface area contributed by atoms with Gasteiger partial charge in [-0.05, 0) is 69.8 Å². The van der Waals surface area contributed by atoms with Crippen LogP contribution in [0.25, 0.3) is 75.7 Å². The molecule has 0 N–H and O–H groups in total. The number of benzene rings is 6. The quantitative estimate of drug-likeness (QED) is 0.217. The standard InChI is InChI=1S/C39H25NS/c1-3-12-26(13-4-1)28-16-11-17-29(22-28)30-23-34(39-32-19-8-10-21-37(32)41-38(39)24-30)36-25-33(27-14-5-2-6-15-27)31-18-7-9-20-35(31)40-36/h1-25H. The molecule has 0 spiro atoms. The fourth-order valence-corrected chi connectivity index (χ4v) is 7.07. The van der Waals surface area contributed by atoms with Crippen LogP contribution in [0.2, 0.25) is 0 Å². The third-order valence-electron chi connectivity index (χ3n) is 7.86. The summed E-state index contributed by atoms with van der Waals surface area (Å²) in [6.45, 7) is 0. The molecule has 0 saturated carbocycles. The Morgan fingerprint density at radius 1 is 0.390 bits per heavy atom. The number of thiophene rings is 1. The maximum Gasteiger partial charge on any atom is 0.0722 e. The summed E-state index contributed by atoms with van der Waals surface area (Å²) in [5.41, 5.74) is 10.4. The molecule has 0 aliphatic carbocycles. The molecule has 192 valence electrons. The van der Waals surface area contributed by atoms with Crippen LogP contribution in [0.3, 0.4) is 0 Å². The molecule has 8 aromatic rings. The molecule has 0 bridgehead atoms. The van der Waals surface area contributed by atoms with Gasteiger partial charge in [0.2, 0.25) is 0 Å². The molecule has 0 aliphatic heterocycles. The average Bonchev–Trinajstić information content (AvgIpc) is 3.43.